The Labute approximate surface area is 128 Å². The number of nitrogens with one attached hydrogen (secondary N) is 1. The van der Waals surface area contributed by atoms with E-state index in [1.54, 1.807) is 17.9 Å². The Balaban J connectivity index is 1.89. The zero-order valence-electron chi connectivity index (χ0n) is 12.3. The summed E-state index contributed by atoms with van der Waals surface area (Å²) in [6, 6.07) is 7.81. The van der Waals surface area contributed by atoms with E-state index in [-0.39, 0.29) is 24.5 Å². The zero-order valence-corrected chi connectivity index (χ0v) is 12.3. The fourth-order valence-electron chi connectivity index (χ4n) is 2.60. The van der Waals surface area contributed by atoms with Crippen molar-refractivity contribution < 1.29 is 14.3 Å². The summed E-state index contributed by atoms with van der Waals surface area (Å²) in [6.07, 6.45) is 4.49. The molecule has 1 amide bonds. The van der Waals surface area contributed by atoms with Gasteiger partial charge in [-0.15, -0.1) is 0 Å². The Morgan fingerprint density at radius 2 is 2.27 bits per heavy atom. The molecule has 2 heterocycles. The largest absolute Gasteiger partial charge is 0.457 e. The Kier molecular flexibility index (Phi) is 3.91. The van der Waals surface area contributed by atoms with E-state index in [0.29, 0.717) is 12.8 Å². The van der Waals surface area contributed by atoms with Gasteiger partial charge in [0.1, 0.15) is 12.6 Å². The van der Waals surface area contributed by atoms with Gasteiger partial charge in [-0.2, -0.15) is 5.10 Å². The van der Waals surface area contributed by atoms with Gasteiger partial charge in [0, 0.05) is 30.8 Å². The second-order valence-corrected chi connectivity index (χ2v) is 5.20. The lowest BCUT2D eigenvalue weighted by Gasteiger charge is -2.13. The molecule has 1 saturated heterocycles. The highest BCUT2D eigenvalue weighted by Crippen LogP contribution is 2.35. The molecule has 1 atom stereocenters. The number of carbonyl (C=O) groups excluding carboxylic acids is 2. The van der Waals surface area contributed by atoms with E-state index in [9.17, 15) is 9.59 Å². The summed E-state index contributed by atoms with van der Waals surface area (Å²) in [7, 11) is 1.59. The summed E-state index contributed by atoms with van der Waals surface area (Å²) in [5.41, 5.74) is 2.86. The lowest BCUT2D eigenvalue weighted by atomic mass is 9.97. The number of hydrogen-bond donors (Lipinski definition) is 1. The molecule has 6 heteroatoms. The minimum absolute atomic E-state index is 0.104. The highest BCUT2D eigenvalue weighted by atomic mass is 16.5. The maximum absolute atomic E-state index is 11.4. The van der Waals surface area contributed by atoms with Gasteiger partial charge in [0.25, 0.3) is 0 Å². The highest BCUT2D eigenvalue weighted by molar-refractivity contribution is 5.76. The van der Waals surface area contributed by atoms with Crippen molar-refractivity contribution in [2.75, 3.05) is 7.05 Å². The Morgan fingerprint density at radius 3 is 3.00 bits per heavy atom. The molecule has 3 rings (SSSR count). The van der Waals surface area contributed by atoms with Crippen LogP contribution in [0.3, 0.4) is 0 Å². The van der Waals surface area contributed by atoms with Crippen LogP contribution in [0.25, 0.3) is 11.1 Å². The molecule has 1 aliphatic heterocycles. The number of hydrogen-bond acceptors (Lipinski definition) is 4. The van der Waals surface area contributed by atoms with Crippen molar-refractivity contribution in [2.45, 2.75) is 25.5 Å². The number of carbonyl (C=O) groups is 2. The van der Waals surface area contributed by atoms with E-state index in [0.717, 1.165) is 16.7 Å². The predicted molar refractivity (Wildman–Crippen MR) is 79.8 cm³/mol. The molecule has 0 saturated carbocycles. The van der Waals surface area contributed by atoms with Crippen LogP contribution < -0.4 is 5.32 Å². The molecule has 1 aromatic heterocycles. The molecule has 1 aliphatic rings. The Bertz CT molecular complexity index is 708. The summed E-state index contributed by atoms with van der Waals surface area (Å²) in [4.78, 5) is 22.8. The maximum atomic E-state index is 11.4. The first-order valence-corrected chi connectivity index (χ1v) is 7.19. The molecule has 114 valence electrons. The molecule has 0 spiro atoms. The quantitative estimate of drug-likeness (QED) is 0.872. The number of ether oxygens (including phenoxy) is 1. The number of cyclic esters (lactones) is 1. The van der Waals surface area contributed by atoms with Gasteiger partial charge < -0.3 is 10.1 Å². The third-order valence-electron chi connectivity index (χ3n) is 3.72. The molecule has 6 nitrogen and oxygen atoms in total. The molecule has 0 radical (unpaired) electrons. The maximum Gasteiger partial charge on any atom is 0.306 e. The number of likely N-dealkylation sites (N-methyl/N-ethyl adjacent to an activating group) is 1. The second-order valence-electron chi connectivity index (χ2n) is 5.20. The van der Waals surface area contributed by atoms with Crippen LogP contribution in [0.4, 0.5) is 0 Å². The molecule has 0 bridgehead atoms. The van der Waals surface area contributed by atoms with Crippen molar-refractivity contribution in [1.29, 1.82) is 0 Å². The first kappa shape index (κ1) is 14.3. The minimum Gasteiger partial charge on any atom is -0.457 e. The number of aromatic nitrogens is 2. The molecule has 1 fully saturated rings. The summed E-state index contributed by atoms with van der Waals surface area (Å²) in [5, 5.41) is 6.78. The van der Waals surface area contributed by atoms with E-state index in [1.165, 1.54) is 0 Å². The molecule has 1 unspecified atom stereocenters. The van der Waals surface area contributed by atoms with E-state index in [2.05, 4.69) is 10.4 Å². The van der Waals surface area contributed by atoms with E-state index in [4.69, 9.17) is 4.74 Å². The molecular weight excluding hydrogens is 282 g/mol. The summed E-state index contributed by atoms with van der Waals surface area (Å²) < 4.78 is 6.96. The van der Waals surface area contributed by atoms with Crippen LogP contribution in [0.15, 0.2) is 36.7 Å². The van der Waals surface area contributed by atoms with Crippen LogP contribution in [-0.4, -0.2) is 28.7 Å². The monoisotopic (exact) mass is 299 g/mol. The van der Waals surface area contributed by atoms with Crippen LogP contribution >= 0.6 is 0 Å². The number of amides is 1. The number of rotatable bonds is 4. The van der Waals surface area contributed by atoms with Crippen molar-refractivity contribution in [1.82, 2.24) is 15.1 Å². The first-order valence-electron chi connectivity index (χ1n) is 7.19. The van der Waals surface area contributed by atoms with Gasteiger partial charge in [-0.3, -0.25) is 14.3 Å². The van der Waals surface area contributed by atoms with Gasteiger partial charge in [0.2, 0.25) is 5.91 Å². The minimum atomic E-state index is -0.203. The van der Waals surface area contributed by atoms with Crippen LogP contribution in [0.2, 0.25) is 0 Å². The molecule has 1 aromatic carbocycles. The summed E-state index contributed by atoms with van der Waals surface area (Å²) in [6.45, 7) is 0.178. The molecule has 1 N–H and O–H groups in total. The van der Waals surface area contributed by atoms with Gasteiger partial charge >= 0.3 is 5.97 Å². The van der Waals surface area contributed by atoms with Gasteiger partial charge in [0.05, 0.1) is 6.20 Å². The van der Waals surface area contributed by atoms with Crippen molar-refractivity contribution in [3.05, 3.63) is 42.2 Å². The summed E-state index contributed by atoms with van der Waals surface area (Å²) in [5.74, 6) is -0.261. The normalized spacial score (nSPS) is 17.3. The molecule has 22 heavy (non-hydrogen) atoms. The molecular formula is C16H17N3O3. The first-order chi connectivity index (χ1) is 10.7. The zero-order chi connectivity index (χ0) is 15.5. The Hall–Kier alpha value is -2.63. The highest BCUT2D eigenvalue weighted by Gasteiger charge is 2.27. The van der Waals surface area contributed by atoms with Crippen LogP contribution in [0.5, 0.6) is 0 Å². The third-order valence-corrected chi connectivity index (χ3v) is 3.72. The van der Waals surface area contributed by atoms with Crippen molar-refractivity contribution >= 4 is 11.9 Å². The smallest absolute Gasteiger partial charge is 0.306 e. The second kappa shape index (κ2) is 6.01. The topological polar surface area (TPSA) is 73.2 Å². The van der Waals surface area contributed by atoms with E-state index in [1.807, 2.05) is 30.5 Å². The lowest BCUT2D eigenvalue weighted by Crippen LogP contribution is -2.23. The Morgan fingerprint density at radius 1 is 1.45 bits per heavy atom. The van der Waals surface area contributed by atoms with Crippen molar-refractivity contribution in [2.24, 2.45) is 0 Å². The van der Waals surface area contributed by atoms with Crippen molar-refractivity contribution in [3.8, 4) is 11.1 Å². The molecule has 2 aromatic rings. The number of benzene rings is 1. The van der Waals surface area contributed by atoms with Crippen molar-refractivity contribution in [3.63, 3.8) is 0 Å². The van der Waals surface area contributed by atoms with Crippen LogP contribution in [0, 0.1) is 0 Å². The molecule has 0 aliphatic carbocycles. The SMILES string of the molecule is CNC(=O)Cn1cc(-c2ccccc2C2CCC(=O)O2)cn1. The van der Waals surface area contributed by atoms with Gasteiger partial charge in [-0.25, -0.2) is 0 Å². The third kappa shape index (κ3) is 2.86. The lowest BCUT2D eigenvalue weighted by molar-refractivity contribution is -0.141. The fourth-order valence-corrected chi connectivity index (χ4v) is 2.60. The van der Waals surface area contributed by atoms with Gasteiger partial charge in [0.15, 0.2) is 0 Å². The van der Waals surface area contributed by atoms with Crippen LogP contribution in [0.1, 0.15) is 24.5 Å². The predicted octanol–water partition coefficient (Wildman–Crippen LogP) is 1.67. The van der Waals surface area contributed by atoms with Gasteiger partial charge in [-0.1, -0.05) is 24.3 Å². The average molecular weight is 299 g/mol. The average Bonchev–Trinajstić information content (AvgIpc) is 3.16. The number of nitrogens with zero attached hydrogens (tertiary/aromatic N) is 2. The standard InChI is InChI=1S/C16H17N3O3/c1-17-15(20)10-19-9-11(8-18-19)12-4-2-3-5-13(12)14-6-7-16(21)22-14/h2-5,8-9,14H,6-7,10H2,1H3,(H,17,20). The van der Waals surface area contributed by atoms with Crippen LogP contribution in [-0.2, 0) is 20.9 Å². The summed E-state index contributed by atoms with van der Waals surface area (Å²) >= 11 is 0. The van der Waals surface area contributed by atoms with Gasteiger partial charge in [-0.05, 0) is 12.0 Å². The van der Waals surface area contributed by atoms with E-state index < -0.39 is 0 Å². The fraction of sp³-hybridized carbons (Fsp3) is 0.312. The van der Waals surface area contributed by atoms with E-state index >= 15 is 0 Å². The number of esters is 1.